The molecule has 0 spiro atoms. The first-order valence-corrected chi connectivity index (χ1v) is 7.21. The van der Waals surface area contributed by atoms with Gasteiger partial charge in [0.2, 0.25) is 0 Å². The molecule has 0 saturated carbocycles. The lowest BCUT2D eigenvalue weighted by Gasteiger charge is -2.20. The molecule has 1 aliphatic heterocycles. The maximum atomic E-state index is 5.74. The van der Waals surface area contributed by atoms with Crippen molar-refractivity contribution < 1.29 is 4.74 Å². The van der Waals surface area contributed by atoms with Gasteiger partial charge in [0.05, 0.1) is 0 Å². The summed E-state index contributed by atoms with van der Waals surface area (Å²) in [4.78, 5) is 4.79. The summed E-state index contributed by atoms with van der Waals surface area (Å²) < 4.78 is 6.83. The highest BCUT2D eigenvalue weighted by atomic mass is 79.9. The monoisotopic (exact) mass is 312 g/mol. The van der Waals surface area contributed by atoms with E-state index < -0.39 is 0 Å². The van der Waals surface area contributed by atoms with E-state index in [4.69, 9.17) is 4.74 Å². The SMILES string of the molecule is CN(C)C1CCN(CCOc2ccc(Br)cc2)C1. The zero-order valence-corrected chi connectivity index (χ0v) is 12.7. The fourth-order valence-corrected chi connectivity index (χ4v) is 2.52. The van der Waals surface area contributed by atoms with Gasteiger partial charge in [0, 0.05) is 23.6 Å². The average molecular weight is 313 g/mol. The van der Waals surface area contributed by atoms with E-state index in [-0.39, 0.29) is 0 Å². The predicted octanol–water partition coefficient (Wildman–Crippen LogP) is 2.46. The van der Waals surface area contributed by atoms with E-state index in [1.54, 1.807) is 0 Å². The molecule has 0 aliphatic carbocycles. The molecule has 1 atom stereocenters. The fraction of sp³-hybridized carbons (Fsp3) is 0.571. The van der Waals surface area contributed by atoms with Crippen LogP contribution < -0.4 is 4.74 Å². The van der Waals surface area contributed by atoms with Crippen molar-refractivity contribution in [2.24, 2.45) is 0 Å². The van der Waals surface area contributed by atoms with Crippen LogP contribution in [0.2, 0.25) is 0 Å². The average Bonchev–Trinajstić information content (AvgIpc) is 2.81. The number of likely N-dealkylation sites (tertiary alicyclic amines) is 1. The van der Waals surface area contributed by atoms with E-state index in [9.17, 15) is 0 Å². The van der Waals surface area contributed by atoms with Crippen LogP contribution in [0.25, 0.3) is 0 Å². The Bertz CT molecular complexity index is 367. The molecular formula is C14H21BrN2O. The highest BCUT2D eigenvalue weighted by Crippen LogP contribution is 2.16. The van der Waals surface area contributed by atoms with Crippen molar-refractivity contribution in [2.45, 2.75) is 12.5 Å². The van der Waals surface area contributed by atoms with Crippen LogP contribution in [0.15, 0.2) is 28.7 Å². The van der Waals surface area contributed by atoms with E-state index in [2.05, 4.69) is 39.8 Å². The van der Waals surface area contributed by atoms with Gasteiger partial charge in [-0.25, -0.2) is 0 Å². The third-order valence-corrected chi connectivity index (χ3v) is 4.00. The molecule has 1 saturated heterocycles. The first-order valence-electron chi connectivity index (χ1n) is 6.42. The minimum Gasteiger partial charge on any atom is -0.492 e. The number of ether oxygens (including phenoxy) is 1. The Balaban J connectivity index is 1.68. The molecule has 0 radical (unpaired) electrons. The molecule has 1 aromatic rings. The van der Waals surface area contributed by atoms with Crippen LogP contribution in [-0.4, -0.2) is 56.2 Å². The van der Waals surface area contributed by atoms with Gasteiger partial charge in [0.1, 0.15) is 12.4 Å². The molecule has 1 aliphatic rings. The number of likely N-dealkylation sites (N-methyl/N-ethyl adjacent to an activating group) is 1. The normalized spacial score (nSPS) is 20.6. The maximum Gasteiger partial charge on any atom is 0.119 e. The van der Waals surface area contributed by atoms with Gasteiger partial charge in [0.25, 0.3) is 0 Å². The van der Waals surface area contributed by atoms with Crippen molar-refractivity contribution in [3.8, 4) is 5.75 Å². The van der Waals surface area contributed by atoms with Crippen LogP contribution in [0.3, 0.4) is 0 Å². The van der Waals surface area contributed by atoms with Gasteiger partial charge in [-0.15, -0.1) is 0 Å². The van der Waals surface area contributed by atoms with Crippen molar-refractivity contribution in [1.29, 1.82) is 0 Å². The quantitative estimate of drug-likeness (QED) is 0.830. The van der Waals surface area contributed by atoms with Gasteiger partial charge >= 0.3 is 0 Å². The number of nitrogens with zero attached hydrogens (tertiary/aromatic N) is 2. The van der Waals surface area contributed by atoms with Crippen LogP contribution in [0.4, 0.5) is 0 Å². The number of benzene rings is 1. The Morgan fingerprint density at radius 1 is 1.33 bits per heavy atom. The summed E-state index contributed by atoms with van der Waals surface area (Å²) >= 11 is 3.42. The Kier molecular flexibility index (Phi) is 5.03. The van der Waals surface area contributed by atoms with Gasteiger partial charge < -0.3 is 9.64 Å². The lowest BCUT2D eigenvalue weighted by Crippen LogP contribution is -2.33. The van der Waals surface area contributed by atoms with Crippen molar-refractivity contribution in [2.75, 3.05) is 40.3 Å². The second-order valence-corrected chi connectivity index (χ2v) is 5.92. The van der Waals surface area contributed by atoms with Crippen LogP contribution in [0.5, 0.6) is 5.75 Å². The van der Waals surface area contributed by atoms with Gasteiger partial charge in [-0.3, -0.25) is 4.90 Å². The van der Waals surface area contributed by atoms with Crippen LogP contribution >= 0.6 is 15.9 Å². The van der Waals surface area contributed by atoms with Crippen molar-refractivity contribution in [3.05, 3.63) is 28.7 Å². The van der Waals surface area contributed by atoms with Crippen LogP contribution in [0, 0.1) is 0 Å². The molecule has 0 N–H and O–H groups in total. The van der Waals surface area contributed by atoms with Crippen LogP contribution in [-0.2, 0) is 0 Å². The van der Waals surface area contributed by atoms with Gasteiger partial charge in [-0.05, 0) is 51.3 Å². The minimum absolute atomic E-state index is 0.706. The zero-order valence-electron chi connectivity index (χ0n) is 11.1. The molecule has 1 heterocycles. The molecule has 3 nitrogen and oxygen atoms in total. The topological polar surface area (TPSA) is 15.7 Å². The predicted molar refractivity (Wildman–Crippen MR) is 78.2 cm³/mol. The second kappa shape index (κ2) is 6.55. The summed E-state index contributed by atoms with van der Waals surface area (Å²) in [5.41, 5.74) is 0. The summed E-state index contributed by atoms with van der Waals surface area (Å²) in [7, 11) is 4.32. The summed E-state index contributed by atoms with van der Waals surface area (Å²) in [6.07, 6.45) is 1.27. The molecule has 1 fully saturated rings. The summed E-state index contributed by atoms with van der Waals surface area (Å²) in [5.74, 6) is 0.946. The molecular weight excluding hydrogens is 292 g/mol. The highest BCUT2D eigenvalue weighted by molar-refractivity contribution is 9.10. The Morgan fingerprint density at radius 3 is 2.67 bits per heavy atom. The van der Waals surface area contributed by atoms with Crippen molar-refractivity contribution in [1.82, 2.24) is 9.80 Å². The molecule has 0 bridgehead atoms. The standard InChI is InChI=1S/C14H21BrN2O/c1-16(2)13-7-8-17(11-13)9-10-18-14-5-3-12(15)4-6-14/h3-6,13H,7-11H2,1-2H3. The van der Waals surface area contributed by atoms with Crippen molar-refractivity contribution in [3.63, 3.8) is 0 Å². The largest absolute Gasteiger partial charge is 0.492 e. The lowest BCUT2D eigenvalue weighted by molar-refractivity contribution is 0.220. The van der Waals surface area contributed by atoms with Gasteiger partial charge in [-0.1, -0.05) is 15.9 Å². The molecule has 4 heteroatoms. The number of halogens is 1. The number of hydrogen-bond acceptors (Lipinski definition) is 3. The first-order chi connectivity index (χ1) is 8.65. The van der Waals surface area contributed by atoms with Gasteiger partial charge in [0.15, 0.2) is 0 Å². The molecule has 0 aromatic heterocycles. The third kappa shape index (κ3) is 3.97. The maximum absolute atomic E-state index is 5.74. The Morgan fingerprint density at radius 2 is 2.06 bits per heavy atom. The fourth-order valence-electron chi connectivity index (χ4n) is 2.26. The first kappa shape index (κ1) is 13.8. The summed E-state index contributed by atoms with van der Waals surface area (Å²) in [6.45, 7) is 4.13. The lowest BCUT2D eigenvalue weighted by atomic mass is 10.2. The van der Waals surface area contributed by atoms with Crippen molar-refractivity contribution >= 4 is 15.9 Å². The van der Waals surface area contributed by atoms with E-state index in [1.807, 2.05) is 24.3 Å². The zero-order chi connectivity index (χ0) is 13.0. The number of hydrogen-bond donors (Lipinski definition) is 0. The van der Waals surface area contributed by atoms with E-state index in [0.29, 0.717) is 6.04 Å². The smallest absolute Gasteiger partial charge is 0.119 e. The Hall–Kier alpha value is -0.580. The Labute approximate surface area is 118 Å². The minimum atomic E-state index is 0.706. The van der Waals surface area contributed by atoms with Crippen LogP contribution in [0.1, 0.15) is 6.42 Å². The summed E-state index contributed by atoms with van der Waals surface area (Å²) in [6, 6.07) is 8.71. The molecule has 2 rings (SSSR count). The third-order valence-electron chi connectivity index (χ3n) is 3.47. The van der Waals surface area contributed by atoms with Gasteiger partial charge in [-0.2, -0.15) is 0 Å². The molecule has 0 amide bonds. The molecule has 1 unspecified atom stereocenters. The van der Waals surface area contributed by atoms with E-state index in [0.717, 1.165) is 29.9 Å². The highest BCUT2D eigenvalue weighted by Gasteiger charge is 2.23. The number of rotatable bonds is 5. The molecule has 100 valence electrons. The molecule has 18 heavy (non-hydrogen) atoms. The van der Waals surface area contributed by atoms with E-state index >= 15 is 0 Å². The summed E-state index contributed by atoms with van der Waals surface area (Å²) in [5, 5.41) is 0. The van der Waals surface area contributed by atoms with E-state index in [1.165, 1.54) is 13.0 Å². The molecule has 1 aromatic carbocycles. The second-order valence-electron chi connectivity index (χ2n) is 5.01.